The van der Waals surface area contributed by atoms with Crippen LogP contribution in [0.15, 0.2) is 30.3 Å². The molecule has 2 rings (SSSR count). The summed E-state index contributed by atoms with van der Waals surface area (Å²) in [6.45, 7) is 2.41. The highest BCUT2D eigenvalue weighted by atomic mass is 32.2. The van der Waals surface area contributed by atoms with Gasteiger partial charge in [-0.25, -0.2) is 8.42 Å². The van der Waals surface area contributed by atoms with Crippen LogP contribution in [-0.2, 0) is 10.0 Å². The van der Waals surface area contributed by atoms with Gasteiger partial charge in [0.1, 0.15) is 0 Å². The lowest BCUT2D eigenvalue weighted by atomic mass is 10.0. The summed E-state index contributed by atoms with van der Waals surface area (Å²) in [5.74, 6) is 0. The first kappa shape index (κ1) is 16.4. The zero-order valence-electron chi connectivity index (χ0n) is 12.1. The number of nitrogens with two attached hydrogens (primary N) is 1. The van der Waals surface area contributed by atoms with Crippen LogP contribution in [0.3, 0.4) is 0 Å². The highest BCUT2D eigenvalue weighted by Crippen LogP contribution is 2.25. The van der Waals surface area contributed by atoms with Gasteiger partial charge in [0, 0.05) is 38.6 Å². The molecule has 2 N–H and O–H groups in total. The summed E-state index contributed by atoms with van der Waals surface area (Å²) in [7, 11) is -3.11. The third-order valence-electron chi connectivity index (χ3n) is 3.76. The van der Waals surface area contributed by atoms with E-state index in [9.17, 15) is 8.42 Å². The molecule has 5 nitrogen and oxygen atoms in total. The molecule has 0 spiro atoms. The van der Waals surface area contributed by atoms with Crippen LogP contribution in [0.2, 0.25) is 0 Å². The molecule has 0 amide bonds. The number of hydrogen-bond donors (Lipinski definition) is 1. The van der Waals surface area contributed by atoms with E-state index in [-0.39, 0.29) is 6.04 Å². The number of benzene rings is 1. The second-order valence-electron chi connectivity index (χ2n) is 5.29. The third-order valence-corrected chi connectivity index (χ3v) is 5.23. The molecule has 1 saturated heterocycles. The lowest BCUT2D eigenvalue weighted by Gasteiger charge is -2.38. The Kier molecular flexibility index (Phi) is 5.32. The first-order valence-corrected chi connectivity index (χ1v) is 9.16. The van der Waals surface area contributed by atoms with Crippen molar-refractivity contribution in [2.45, 2.75) is 12.5 Å². The van der Waals surface area contributed by atoms with E-state index < -0.39 is 10.0 Å². The fourth-order valence-electron chi connectivity index (χ4n) is 2.67. The van der Waals surface area contributed by atoms with Gasteiger partial charge in [0.25, 0.3) is 0 Å². The number of nitrogens with zero attached hydrogens (tertiary/aromatic N) is 2. The molecule has 0 bridgehead atoms. The molecule has 1 aliphatic rings. The van der Waals surface area contributed by atoms with Crippen molar-refractivity contribution in [1.29, 1.82) is 0 Å². The maximum atomic E-state index is 11.6. The van der Waals surface area contributed by atoms with E-state index in [4.69, 9.17) is 18.0 Å². The van der Waals surface area contributed by atoms with Crippen molar-refractivity contribution in [2.75, 3.05) is 32.4 Å². The molecule has 7 heteroatoms. The fraction of sp³-hybridized carbons (Fsp3) is 0.500. The predicted molar refractivity (Wildman–Crippen MR) is 88.6 cm³/mol. The summed E-state index contributed by atoms with van der Waals surface area (Å²) >= 11 is 5.07. The van der Waals surface area contributed by atoms with Crippen molar-refractivity contribution in [3.63, 3.8) is 0 Å². The summed E-state index contributed by atoms with van der Waals surface area (Å²) in [4.78, 5) is 2.74. The number of hydrogen-bond acceptors (Lipinski definition) is 4. The van der Waals surface area contributed by atoms with Gasteiger partial charge in [-0.15, -0.1) is 0 Å². The topological polar surface area (TPSA) is 66.6 Å². The van der Waals surface area contributed by atoms with E-state index in [0.717, 1.165) is 5.56 Å². The average Bonchev–Trinajstić information content (AvgIpc) is 2.45. The van der Waals surface area contributed by atoms with E-state index in [1.54, 1.807) is 0 Å². The zero-order valence-corrected chi connectivity index (χ0v) is 13.7. The second-order valence-corrected chi connectivity index (χ2v) is 7.80. The SMILES string of the molecule is CS(=O)(=O)N1CCN(C(CC(N)=S)c2ccccc2)CC1. The van der Waals surface area contributed by atoms with Gasteiger partial charge in [0.15, 0.2) is 0 Å². The first-order chi connectivity index (χ1) is 9.88. The zero-order chi connectivity index (χ0) is 15.5. The molecular formula is C14H21N3O2S2. The molecule has 0 radical (unpaired) electrons. The molecule has 0 aromatic heterocycles. The summed E-state index contributed by atoms with van der Waals surface area (Å²) in [6.07, 6.45) is 1.87. The van der Waals surface area contributed by atoms with E-state index in [1.807, 2.05) is 18.2 Å². The Bertz CT molecular complexity index is 581. The molecule has 1 heterocycles. The first-order valence-electron chi connectivity index (χ1n) is 6.90. The predicted octanol–water partition coefficient (Wildman–Crippen LogP) is 0.981. The highest BCUT2D eigenvalue weighted by Gasteiger charge is 2.28. The summed E-state index contributed by atoms with van der Waals surface area (Å²) in [5.41, 5.74) is 6.90. The molecule has 1 aliphatic heterocycles. The number of sulfonamides is 1. The quantitative estimate of drug-likeness (QED) is 0.817. The van der Waals surface area contributed by atoms with Gasteiger partial charge in [-0.3, -0.25) is 4.90 Å². The fourth-order valence-corrected chi connectivity index (χ4v) is 3.65. The molecule has 1 unspecified atom stereocenters. The van der Waals surface area contributed by atoms with Crippen LogP contribution in [-0.4, -0.2) is 55.0 Å². The van der Waals surface area contributed by atoms with Crippen LogP contribution in [0, 0.1) is 0 Å². The summed E-state index contributed by atoms with van der Waals surface area (Å²) in [6, 6.07) is 10.2. The smallest absolute Gasteiger partial charge is 0.211 e. The molecule has 21 heavy (non-hydrogen) atoms. The molecule has 0 aliphatic carbocycles. The minimum absolute atomic E-state index is 0.116. The van der Waals surface area contributed by atoms with Crippen molar-refractivity contribution < 1.29 is 8.42 Å². The van der Waals surface area contributed by atoms with Gasteiger partial charge >= 0.3 is 0 Å². The van der Waals surface area contributed by atoms with Crippen LogP contribution in [0.5, 0.6) is 0 Å². The Morgan fingerprint density at radius 1 is 1.24 bits per heavy atom. The Morgan fingerprint density at radius 2 is 1.81 bits per heavy atom. The van der Waals surface area contributed by atoms with Gasteiger partial charge in [-0.05, 0) is 5.56 Å². The minimum Gasteiger partial charge on any atom is -0.393 e. The summed E-state index contributed by atoms with van der Waals surface area (Å²) < 4.78 is 24.7. The normalized spacial score (nSPS) is 19.3. The molecule has 1 atom stereocenters. The van der Waals surface area contributed by atoms with Crippen molar-refractivity contribution >= 4 is 27.2 Å². The van der Waals surface area contributed by atoms with Crippen LogP contribution in [0.1, 0.15) is 18.0 Å². The average molecular weight is 327 g/mol. The third kappa shape index (κ3) is 4.47. The van der Waals surface area contributed by atoms with Gasteiger partial charge < -0.3 is 5.73 Å². The van der Waals surface area contributed by atoms with Gasteiger partial charge in [-0.2, -0.15) is 4.31 Å². The van der Waals surface area contributed by atoms with Crippen LogP contribution in [0.25, 0.3) is 0 Å². The number of thiocarbonyl (C=S) groups is 1. The van der Waals surface area contributed by atoms with Crippen LogP contribution >= 0.6 is 12.2 Å². The lowest BCUT2D eigenvalue weighted by molar-refractivity contribution is 0.140. The minimum atomic E-state index is -3.11. The summed E-state index contributed by atoms with van der Waals surface area (Å²) in [5, 5.41) is 0. The Balaban J connectivity index is 2.11. The van der Waals surface area contributed by atoms with Crippen molar-refractivity contribution in [3.05, 3.63) is 35.9 Å². The van der Waals surface area contributed by atoms with Gasteiger partial charge in [0.05, 0.1) is 11.2 Å². The monoisotopic (exact) mass is 327 g/mol. The molecule has 1 aromatic rings. The number of rotatable bonds is 5. The van der Waals surface area contributed by atoms with Crippen LogP contribution < -0.4 is 5.73 Å². The Labute approximate surface area is 131 Å². The largest absolute Gasteiger partial charge is 0.393 e. The molecule has 1 aromatic carbocycles. The second kappa shape index (κ2) is 6.83. The molecule has 116 valence electrons. The van der Waals surface area contributed by atoms with E-state index in [1.165, 1.54) is 10.6 Å². The van der Waals surface area contributed by atoms with Crippen molar-refractivity contribution in [1.82, 2.24) is 9.21 Å². The van der Waals surface area contributed by atoms with E-state index in [0.29, 0.717) is 37.6 Å². The molecule has 0 saturated carbocycles. The van der Waals surface area contributed by atoms with Crippen molar-refractivity contribution in [2.24, 2.45) is 5.73 Å². The maximum absolute atomic E-state index is 11.6. The van der Waals surface area contributed by atoms with Gasteiger partial charge in [0.2, 0.25) is 10.0 Å². The lowest BCUT2D eigenvalue weighted by Crippen LogP contribution is -2.49. The van der Waals surface area contributed by atoms with Crippen LogP contribution in [0.4, 0.5) is 0 Å². The Hall–Kier alpha value is -1.02. The molecule has 1 fully saturated rings. The molecular weight excluding hydrogens is 306 g/mol. The number of piperazine rings is 1. The van der Waals surface area contributed by atoms with E-state index >= 15 is 0 Å². The maximum Gasteiger partial charge on any atom is 0.211 e. The van der Waals surface area contributed by atoms with Crippen molar-refractivity contribution in [3.8, 4) is 0 Å². The standard InChI is InChI=1S/C14H21N3O2S2/c1-21(18,19)17-9-7-16(8-10-17)13(11-14(15)20)12-5-3-2-4-6-12/h2-6,13H,7-11H2,1H3,(H2,15,20). The van der Waals surface area contributed by atoms with E-state index in [2.05, 4.69) is 17.0 Å². The highest BCUT2D eigenvalue weighted by molar-refractivity contribution is 7.88. The van der Waals surface area contributed by atoms with Gasteiger partial charge in [-0.1, -0.05) is 42.5 Å². The Morgan fingerprint density at radius 3 is 2.29 bits per heavy atom.